The molecule has 0 rings (SSSR count). The summed E-state index contributed by atoms with van der Waals surface area (Å²) in [7, 11) is -9.91. The van der Waals surface area contributed by atoms with Crippen LogP contribution in [0.25, 0.3) is 0 Å². The zero-order valence-electron chi connectivity index (χ0n) is 63.7. The molecule has 6 atom stereocenters. The summed E-state index contributed by atoms with van der Waals surface area (Å²) in [4.78, 5) is 72.8. The minimum atomic E-state index is -4.96. The fourth-order valence-electron chi connectivity index (χ4n) is 11.9. The van der Waals surface area contributed by atoms with Crippen molar-refractivity contribution in [1.82, 2.24) is 0 Å². The van der Waals surface area contributed by atoms with Gasteiger partial charge in [-0.15, -0.1) is 0 Å². The Kier molecular flexibility index (Phi) is 65.9. The average molecular weight is 1420 g/mol. The van der Waals surface area contributed by atoms with Crippen molar-refractivity contribution in [3.63, 3.8) is 0 Å². The van der Waals surface area contributed by atoms with Crippen molar-refractivity contribution in [1.29, 1.82) is 0 Å². The summed E-state index contributed by atoms with van der Waals surface area (Å²) in [5.41, 5.74) is 0. The SMILES string of the molecule is CCC(C)CCCCCCCCCCCCCCCCC(=O)O[C@H](COC(=O)CCCCCCCCCC(C)C)COP(=O)(O)OCC(O)COP(=O)(O)OC[C@@H](COC(=O)CCCCCCCCCCCCCCCCCCC(C)C)OC(=O)CCCCCCCCCC(C)C. The van der Waals surface area contributed by atoms with Crippen molar-refractivity contribution < 1.29 is 80.2 Å². The normalized spacial score (nSPS) is 14.4. The van der Waals surface area contributed by atoms with Gasteiger partial charge in [-0.25, -0.2) is 9.13 Å². The van der Waals surface area contributed by atoms with Gasteiger partial charge in [-0.3, -0.25) is 37.3 Å². The number of aliphatic hydroxyl groups excluding tert-OH is 1. The molecule has 0 aliphatic carbocycles. The molecule has 0 spiro atoms. The summed E-state index contributed by atoms with van der Waals surface area (Å²) in [5.74, 6) is 0.937. The number of carbonyl (C=O) groups is 4. The third-order valence-corrected chi connectivity index (χ3v) is 20.3. The Morgan fingerprint density at radius 2 is 0.495 bits per heavy atom. The lowest BCUT2D eigenvalue weighted by atomic mass is 9.99. The number of unbranched alkanes of at least 4 members (excludes halogenated alkanes) is 40. The van der Waals surface area contributed by atoms with Crippen molar-refractivity contribution in [3.05, 3.63) is 0 Å². The van der Waals surface area contributed by atoms with Crippen LogP contribution in [0.4, 0.5) is 0 Å². The number of carbonyl (C=O) groups excluding carboxylic acids is 4. The standard InChI is InChI=1S/C78H152O17P2/c1-9-71(8)57-49-41-33-25-21-17-14-15-19-23-27-35-44-52-60-77(82)94-73(65-89-76(81)59-51-43-36-28-31-39-47-55-69(4)5)66-92-96(84,85)90-62-72(79)63-91-97(86,87)93-67-74(95-78(83)61-53-45-37-29-32-40-48-56-70(6)7)64-88-75(80)58-50-42-34-26-22-18-13-11-10-12-16-20-24-30-38-46-54-68(2)3/h68-74,79H,9-67H2,1-8H3,(H,84,85)(H,86,87)/t71?,72?,73-,74-/m1/s1. The molecule has 576 valence electrons. The van der Waals surface area contributed by atoms with Crippen LogP contribution in [0.2, 0.25) is 0 Å². The predicted octanol–water partition coefficient (Wildman–Crippen LogP) is 22.8. The molecule has 0 aliphatic rings. The molecule has 19 heteroatoms. The van der Waals surface area contributed by atoms with Crippen LogP contribution >= 0.6 is 15.6 Å². The lowest BCUT2D eigenvalue weighted by molar-refractivity contribution is -0.161. The maximum Gasteiger partial charge on any atom is 0.472 e. The van der Waals surface area contributed by atoms with E-state index in [9.17, 15) is 43.2 Å². The number of phosphoric acid groups is 2. The van der Waals surface area contributed by atoms with Crippen molar-refractivity contribution in [2.24, 2.45) is 23.7 Å². The molecular weight excluding hydrogens is 1270 g/mol. The molecule has 0 aromatic carbocycles. The number of aliphatic hydroxyl groups is 1. The van der Waals surface area contributed by atoms with Crippen molar-refractivity contribution >= 4 is 39.5 Å². The van der Waals surface area contributed by atoms with E-state index in [0.717, 1.165) is 108 Å². The minimum Gasteiger partial charge on any atom is -0.462 e. The van der Waals surface area contributed by atoms with Gasteiger partial charge in [0.15, 0.2) is 12.2 Å². The summed E-state index contributed by atoms with van der Waals surface area (Å²) < 4.78 is 68.5. The molecule has 17 nitrogen and oxygen atoms in total. The quantitative estimate of drug-likeness (QED) is 0.0222. The van der Waals surface area contributed by atoms with E-state index < -0.39 is 97.5 Å². The molecule has 0 aliphatic heterocycles. The van der Waals surface area contributed by atoms with E-state index in [1.165, 1.54) is 193 Å². The highest BCUT2D eigenvalue weighted by Crippen LogP contribution is 2.45. The Morgan fingerprint density at radius 3 is 0.732 bits per heavy atom. The minimum absolute atomic E-state index is 0.103. The molecule has 0 aromatic rings. The molecule has 3 N–H and O–H groups in total. The van der Waals surface area contributed by atoms with Crippen LogP contribution in [0.15, 0.2) is 0 Å². The maximum absolute atomic E-state index is 13.1. The van der Waals surface area contributed by atoms with Crippen molar-refractivity contribution in [2.75, 3.05) is 39.6 Å². The molecule has 0 saturated carbocycles. The lowest BCUT2D eigenvalue weighted by Crippen LogP contribution is -2.30. The van der Waals surface area contributed by atoms with Gasteiger partial charge in [-0.1, -0.05) is 344 Å². The van der Waals surface area contributed by atoms with Crippen molar-refractivity contribution in [2.45, 2.75) is 414 Å². The second-order valence-corrected chi connectivity index (χ2v) is 32.7. The second-order valence-electron chi connectivity index (χ2n) is 29.8. The van der Waals surface area contributed by atoms with E-state index in [4.69, 9.17) is 37.0 Å². The number of phosphoric ester groups is 2. The second kappa shape index (κ2) is 67.2. The van der Waals surface area contributed by atoms with Crippen LogP contribution in [0.3, 0.4) is 0 Å². The van der Waals surface area contributed by atoms with E-state index in [1.807, 2.05) is 0 Å². The van der Waals surface area contributed by atoms with Crippen molar-refractivity contribution in [3.8, 4) is 0 Å². The Morgan fingerprint density at radius 1 is 0.289 bits per heavy atom. The molecule has 97 heavy (non-hydrogen) atoms. The topological polar surface area (TPSA) is 237 Å². The summed E-state index contributed by atoms with van der Waals surface area (Å²) in [6.07, 6.45) is 52.9. The first-order valence-corrected chi connectivity index (χ1v) is 43.2. The van der Waals surface area contributed by atoms with Crippen LogP contribution < -0.4 is 0 Å². The van der Waals surface area contributed by atoms with Gasteiger partial charge in [0.1, 0.15) is 19.3 Å². The molecule has 0 radical (unpaired) electrons. The lowest BCUT2D eigenvalue weighted by Gasteiger charge is -2.21. The Bertz CT molecular complexity index is 1900. The molecule has 0 heterocycles. The van der Waals surface area contributed by atoms with E-state index in [0.29, 0.717) is 37.5 Å². The van der Waals surface area contributed by atoms with Gasteiger partial charge in [0.25, 0.3) is 0 Å². The summed E-state index contributed by atoms with van der Waals surface area (Å²) in [5, 5.41) is 10.6. The smallest absolute Gasteiger partial charge is 0.462 e. The number of hydrogen-bond acceptors (Lipinski definition) is 15. The van der Waals surface area contributed by atoms with Gasteiger partial charge in [0.2, 0.25) is 0 Å². The van der Waals surface area contributed by atoms with Crippen LogP contribution in [0.5, 0.6) is 0 Å². The summed E-state index contributed by atoms with van der Waals surface area (Å²) in [6, 6.07) is 0. The fourth-order valence-corrected chi connectivity index (χ4v) is 13.5. The van der Waals surface area contributed by atoms with Gasteiger partial charge in [0, 0.05) is 25.7 Å². The maximum atomic E-state index is 13.1. The van der Waals surface area contributed by atoms with Gasteiger partial charge in [-0.05, 0) is 49.4 Å². The van der Waals surface area contributed by atoms with Crippen LogP contribution in [0.1, 0.15) is 396 Å². The van der Waals surface area contributed by atoms with Gasteiger partial charge in [-0.2, -0.15) is 0 Å². The summed E-state index contributed by atoms with van der Waals surface area (Å²) in [6.45, 7) is 14.2. The Labute approximate surface area is 594 Å². The largest absolute Gasteiger partial charge is 0.472 e. The first-order valence-electron chi connectivity index (χ1n) is 40.2. The van der Waals surface area contributed by atoms with Crippen LogP contribution in [-0.4, -0.2) is 96.7 Å². The Balaban J connectivity index is 5.17. The zero-order valence-corrected chi connectivity index (χ0v) is 65.5. The molecule has 0 saturated heterocycles. The highest BCUT2D eigenvalue weighted by molar-refractivity contribution is 7.47. The molecule has 0 fully saturated rings. The van der Waals surface area contributed by atoms with E-state index in [1.54, 1.807) is 0 Å². The van der Waals surface area contributed by atoms with E-state index >= 15 is 0 Å². The number of esters is 4. The number of rotatable bonds is 75. The van der Waals surface area contributed by atoms with E-state index in [2.05, 4.69) is 55.4 Å². The van der Waals surface area contributed by atoms with Crippen LogP contribution in [-0.2, 0) is 65.4 Å². The summed E-state index contributed by atoms with van der Waals surface area (Å²) >= 11 is 0. The molecule has 4 unspecified atom stereocenters. The average Bonchev–Trinajstić information content (AvgIpc) is 1.52. The van der Waals surface area contributed by atoms with Gasteiger partial charge < -0.3 is 33.8 Å². The van der Waals surface area contributed by atoms with E-state index in [-0.39, 0.29) is 25.7 Å². The first-order chi connectivity index (χ1) is 46.6. The Hall–Kier alpha value is -1.94. The third kappa shape index (κ3) is 70.9. The van der Waals surface area contributed by atoms with Gasteiger partial charge >= 0.3 is 39.5 Å². The number of ether oxygens (including phenoxy) is 4. The molecule has 0 bridgehead atoms. The first kappa shape index (κ1) is 95.1. The monoisotopic (exact) mass is 1420 g/mol. The zero-order chi connectivity index (χ0) is 71.7. The molecular formula is C78H152O17P2. The highest BCUT2D eigenvalue weighted by Gasteiger charge is 2.30. The number of hydrogen-bond donors (Lipinski definition) is 3. The molecule has 0 aromatic heterocycles. The third-order valence-electron chi connectivity index (χ3n) is 18.4. The highest BCUT2D eigenvalue weighted by atomic mass is 31.2. The predicted molar refractivity (Wildman–Crippen MR) is 395 cm³/mol. The fraction of sp³-hybridized carbons (Fsp3) is 0.949. The molecule has 0 amide bonds. The van der Waals surface area contributed by atoms with Crippen LogP contribution in [0, 0.1) is 23.7 Å². The van der Waals surface area contributed by atoms with Gasteiger partial charge in [0.05, 0.1) is 26.4 Å².